The second kappa shape index (κ2) is 9.26. The summed E-state index contributed by atoms with van der Waals surface area (Å²) < 4.78 is 10.6. The van der Waals surface area contributed by atoms with Crippen molar-refractivity contribution in [1.29, 1.82) is 0 Å². The molecule has 1 aliphatic rings. The van der Waals surface area contributed by atoms with E-state index in [9.17, 15) is 9.59 Å². The summed E-state index contributed by atoms with van der Waals surface area (Å²) in [6.07, 6.45) is 7.77. The van der Waals surface area contributed by atoms with Gasteiger partial charge in [0.05, 0.1) is 0 Å². The van der Waals surface area contributed by atoms with E-state index in [2.05, 4.69) is 6.08 Å². The molecule has 24 heavy (non-hydrogen) atoms. The number of ether oxygens (including phenoxy) is 2. The molecule has 0 heterocycles. The summed E-state index contributed by atoms with van der Waals surface area (Å²) in [5, 5.41) is 0. The zero-order chi connectivity index (χ0) is 17.4. The Labute approximate surface area is 143 Å². The number of hydrogen-bond donors (Lipinski definition) is 0. The first-order chi connectivity index (χ1) is 11.5. The molecular weight excluding hydrogens is 304 g/mol. The third kappa shape index (κ3) is 6.19. The van der Waals surface area contributed by atoms with Crippen molar-refractivity contribution in [3.05, 3.63) is 47.5 Å². The lowest BCUT2D eigenvalue weighted by atomic mass is 9.87. The van der Waals surface area contributed by atoms with Crippen molar-refractivity contribution in [3.63, 3.8) is 0 Å². The first kappa shape index (κ1) is 18.2. The number of carbonyl (C=O) groups excluding carboxylic acids is 2. The Morgan fingerprint density at radius 3 is 2.17 bits per heavy atom. The van der Waals surface area contributed by atoms with Crippen LogP contribution in [0.25, 0.3) is 0 Å². The predicted octanol–water partition coefficient (Wildman–Crippen LogP) is 4.19. The minimum Gasteiger partial charge on any atom is -0.421 e. The van der Waals surface area contributed by atoms with E-state index >= 15 is 0 Å². The predicted molar refractivity (Wildman–Crippen MR) is 92.1 cm³/mol. The third-order valence-electron chi connectivity index (χ3n) is 4.20. The SMILES string of the molecule is CC(=O)OC(OC(C)=O)/C(=C/C1CCCCC1)Cc1ccccc1. The molecule has 4 heteroatoms. The number of rotatable bonds is 6. The van der Waals surface area contributed by atoms with E-state index in [0.29, 0.717) is 12.3 Å². The Morgan fingerprint density at radius 2 is 1.62 bits per heavy atom. The van der Waals surface area contributed by atoms with Crippen LogP contribution in [0.15, 0.2) is 42.0 Å². The molecular formula is C20H26O4. The van der Waals surface area contributed by atoms with Crippen LogP contribution in [0, 0.1) is 5.92 Å². The van der Waals surface area contributed by atoms with Crippen LogP contribution in [0.3, 0.4) is 0 Å². The molecule has 1 aromatic rings. The molecule has 130 valence electrons. The van der Waals surface area contributed by atoms with Crippen LogP contribution in [-0.2, 0) is 25.5 Å². The molecule has 4 nitrogen and oxygen atoms in total. The third-order valence-corrected chi connectivity index (χ3v) is 4.20. The average molecular weight is 330 g/mol. The molecule has 0 atom stereocenters. The Kier molecular flexibility index (Phi) is 7.04. The molecule has 0 spiro atoms. The normalized spacial score (nSPS) is 16.0. The van der Waals surface area contributed by atoms with Gasteiger partial charge in [-0.15, -0.1) is 0 Å². The van der Waals surface area contributed by atoms with Crippen molar-refractivity contribution >= 4 is 11.9 Å². The van der Waals surface area contributed by atoms with Gasteiger partial charge in [-0.1, -0.05) is 55.7 Å². The van der Waals surface area contributed by atoms with E-state index in [1.807, 2.05) is 30.3 Å². The zero-order valence-electron chi connectivity index (χ0n) is 14.5. The quantitative estimate of drug-likeness (QED) is 0.446. The summed E-state index contributed by atoms with van der Waals surface area (Å²) in [5.41, 5.74) is 1.95. The molecule has 0 N–H and O–H groups in total. The van der Waals surface area contributed by atoms with Crippen LogP contribution in [-0.4, -0.2) is 18.2 Å². The van der Waals surface area contributed by atoms with Gasteiger partial charge < -0.3 is 9.47 Å². The maximum atomic E-state index is 11.4. The van der Waals surface area contributed by atoms with E-state index in [4.69, 9.17) is 9.47 Å². The van der Waals surface area contributed by atoms with Crippen molar-refractivity contribution in [2.45, 2.75) is 58.7 Å². The first-order valence-electron chi connectivity index (χ1n) is 8.63. The van der Waals surface area contributed by atoms with Gasteiger partial charge in [0.1, 0.15) is 0 Å². The van der Waals surface area contributed by atoms with Gasteiger partial charge in [-0.3, -0.25) is 9.59 Å². The fourth-order valence-corrected chi connectivity index (χ4v) is 3.13. The van der Waals surface area contributed by atoms with Gasteiger partial charge in [0.2, 0.25) is 0 Å². The highest BCUT2D eigenvalue weighted by Gasteiger charge is 2.23. The summed E-state index contributed by atoms with van der Waals surface area (Å²) >= 11 is 0. The Balaban J connectivity index is 2.25. The first-order valence-corrected chi connectivity index (χ1v) is 8.63. The number of allylic oxidation sites excluding steroid dienone is 1. The maximum absolute atomic E-state index is 11.4. The number of carbonyl (C=O) groups is 2. The minimum absolute atomic E-state index is 0.450. The van der Waals surface area contributed by atoms with E-state index in [0.717, 1.165) is 24.0 Å². The molecule has 0 amide bonds. The highest BCUT2D eigenvalue weighted by molar-refractivity contribution is 5.68. The number of hydrogen-bond acceptors (Lipinski definition) is 4. The standard InChI is InChI=1S/C20H26O4/c1-15(21)23-20(24-16(2)22)19(13-17-9-5-3-6-10-17)14-18-11-7-4-8-12-18/h3,5-6,9-10,14,18,20H,4,7-8,11-13H2,1-2H3/b19-14+. The number of benzene rings is 1. The van der Waals surface area contributed by atoms with Gasteiger partial charge in [0.15, 0.2) is 0 Å². The van der Waals surface area contributed by atoms with E-state index in [1.54, 1.807) is 0 Å². The molecule has 1 saturated carbocycles. The van der Waals surface area contributed by atoms with Crippen LogP contribution in [0.5, 0.6) is 0 Å². The fraction of sp³-hybridized carbons (Fsp3) is 0.500. The highest BCUT2D eigenvalue weighted by Crippen LogP contribution is 2.28. The van der Waals surface area contributed by atoms with Crippen molar-refractivity contribution in [2.24, 2.45) is 5.92 Å². The molecule has 0 aromatic heterocycles. The highest BCUT2D eigenvalue weighted by atomic mass is 16.7. The summed E-state index contributed by atoms with van der Waals surface area (Å²) in [6, 6.07) is 9.95. The second-order valence-electron chi connectivity index (χ2n) is 6.35. The van der Waals surface area contributed by atoms with Crippen LogP contribution >= 0.6 is 0 Å². The summed E-state index contributed by atoms with van der Waals surface area (Å²) in [7, 11) is 0. The molecule has 0 aliphatic heterocycles. The summed E-state index contributed by atoms with van der Waals surface area (Å²) in [6.45, 7) is 2.66. The van der Waals surface area contributed by atoms with Crippen LogP contribution in [0.2, 0.25) is 0 Å². The van der Waals surface area contributed by atoms with Gasteiger partial charge in [0, 0.05) is 25.8 Å². The molecule has 2 rings (SSSR count). The molecule has 0 saturated heterocycles. The summed E-state index contributed by atoms with van der Waals surface area (Å²) in [5.74, 6) is -0.459. The zero-order valence-corrected chi connectivity index (χ0v) is 14.5. The molecule has 1 aromatic carbocycles. The van der Waals surface area contributed by atoms with E-state index < -0.39 is 18.2 Å². The Hall–Kier alpha value is -2.10. The van der Waals surface area contributed by atoms with Crippen LogP contribution in [0.1, 0.15) is 51.5 Å². The smallest absolute Gasteiger partial charge is 0.305 e. The summed E-state index contributed by atoms with van der Waals surface area (Å²) in [4.78, 5) is 22.9. The van der Waals surface area contributed by atoms with E-state index in [1.165, 1.54) is 33.1 Å². The van der Waals surface area contributed by atoms with Crippen LogP contribution in [0.4, 0.5) is 0 Å². The molecule has 0 radical (unpaired) electrons. The van der Waals surface area contributed by atoms with Gasteiger partial charge >= 0.3 is 11.9 Å². The van der Waals surface area contributed by atoms with Crippen molar-refractivity contribution < 1.29 is 19.1 Å². The Morgan fingerprint density at radius 1 is 1.04 bits per heavy atom. The van der Waals surface area contributed by atoms with E-state index in [-0.39, 0.29) is 0 Å². The molecule has 1 fully saturated rings. The lowest BCUT2D eigenvalue weighted by Crippen LogP contribution is -2.26. The van der Waals surface area contributed by atoms with Crippen molar-refractivity contribution in [3.8, 4) is 0 Å². The molecule has 1 aliphatic carbocycles. The van der Waals surface area contributed by atoms with Crippen molar-refractivity contribution in [1.82, 2.24) is 0 Å². The fourth-order valence-electron chi connectivity index (χ4n) is 3.13. The van der Waals surface area contributed by atoms with Crippen LogP contribution < -0.4 is 0 Å². The monoisotopic (exact) mass is 330 g/mol. The van der Waals surface area contributed by atoms with Gasteiger partial charge in [-0.25, -0.2) is 0 Å². The molecule has 0 bridgehead atoms. The Bertz CT molecular complexity index is 555. The van der Waals surface area contributed by atoms with Gasteiger partial charge in [-0.2, -0.15) is 0 Å². The topological polar surface area (TPSA) is 52.6 Å². The van der Waals surface area contributed by atoms with Gasteiger partial charge in [0.25, 0.3) is 6.29 Å². The number of esters is 2. The molecule has 0 unspecified atom stereocenters. The minimum atomic E-state index is -0.942. The lowest BCUT2D eigenvalue weighted by Gasteiger charge is -2.24. The average Bonchev–Trinajstić information content (AvgIpc) is 2.55. The van der Waals surface area contributed by atoms with Gasteiger partial charge in [-0.05, 0) is 24.3 Å². The lowest BCUT2D eigenvalue weighted by molar-refractivity contribution is -0.178. The largest absolute Gasteiger partial charge is 0.421 e. The van der Waals surface area contributed by atoms with Crippen molar-refractivity contribution in [2.75, 3.05) is 0 Å². The maximum Gasteiger partial charge on any atom is 0.305 e. The second-order valence-corrected chi connectivity index (χ2v) is 6.35.